The van der Waals surface area contributed by atoms with E-state index >= 15 is 0 Å². The lowest BCUT2D eigenvalue weighted by atomic mass is 9.95. The van der Waals surface area contributed by atoms with Gasteiger partial charge in [-0.2, -0.15) is 0 Å². The maximum atomic E-state index is 12.8. The van der Waals surface area contributed by atoms with Crippen molar-refractivity contribution in [3.8, 4) is 0 Å². The van der Waals surface area contributed by atoms with Crippen LogP contribution in [0, 0.1) is 12.8 Å². The number of amides is 2. The number of fused-ring (bicyclic) bond motifs is 1. The van der Waals surface area contributed by atoms with Gasteiger partial charge >= 0.3 is 0 Å². The van der Waals surface area contributed by atoms with Crippen LogP contribution in [0.1, 0.15) is 37.1 Å². The number of thiophene rings is 1. The second-order valence-electron chi connectivity index (χ2n) is 6.37. The summed E-state index contributed by atoms with van der Waals surface area (Å²) in [6, 6.07) is 1.55. The van der Waals surface area contributed by atoms with Gasteiger partial charge < -0.3 is 9.80 Å². The van der Waals surface area contributed by atoms with E-state index in [4.69, 9.17) is 0 Å². The number of hydrogen-bond donors (Lipinski definition) is 0. The molecule has 3 rings (SSSR count). The van der Waals surface area contributed by atoms with E-state index < -0.39 is 0 Å². The Morgan fingerprint density at radius 3 is 2.71 bits per heavy atom. The average molecular weight is 306 g/mol. The van der Waals surface area contributed by atoms with Crippen LogP contribution >= 0.6 is 11.3 Å². The SMILES string of the molecule is Cc1ccsc1CN1C(=O)C2CCCN2C(=O)C1C(C)C. The molecule has 0 radical (unpaired) electrons. The standard InChI is InChI=1S/C16H22N2O2S/c1-10(2)14-16(20)17-7-4-5-12(17)15(19)18(14)9-13-11(3)6-8-21-13/h6,8,10,12,14H,4-5,7,9H2,1-3H3. The van der Waals surface area contributed by atoms with Gasteiger partial charge in [0.1, 0.15) is 12.1 Å². The van der Waals surface area contributed by atoms with Crippen molar-refractivity contribution < 1.29 is 9.59 Å². The number of carbonyl (C=O) groups excluding carboxylic acids is 2. The fourth-order valence-corrected chi connectivity index (χ4v) is 4.37. The molecule has 0 spiro atoms. The van der Waals surface area contributed by atoms with E-state index in [9.17, 15) is 9.59 Å². The molecule has 3 heterocycles. The molecule has 2 unspecified atom stereocenters. The van der Waals surface area contributed by atoms with Crippen molar-refractivity contribution >= 4 is 23.2 Å². The fraction of sp³-hybridized carbons (Fsp3) is 0.625. The summed E-state index contributed by atoms with van der Waals surface area (Å²) >= 11 is 1.67. The molecule has 0 aliphatic carbocycles. The molecule has 2 aliphatic rings. The highest BCUT2D eigenvalue weighted by Gasteiger charge is 2.48. The van der Waals surface area contributed by atoms with Crippen molar-refractivity contribution in [2.45, 2.75) is 52.2 Å². The summed E-state index contributed by atoms with van der Waals surface area (Å²) < 4.78 is 0. The van der Waals surface area contributed by atoms with E-state index in [0.29, 0.717) is 6.54 Å². The van der Waals surface area contributed by atoms with E-state index in [1.807, 2.05) is 29.0 Å². The normalized spacial score (nSPS) is 25.9. The van der Waals surface area contributed by atoms with Gasteiger partial charge in [0.25, 0.3) is 0 Å². The molecule has 4 nitrogen and oxygen atoms in total. The molecular weight excluding hydrogens is 284 g/mol. The molecule has 1 aromatic heterocycles. The van der Waals surface area contributed by atoms with Crippen LogP contribution in [0.15, 0.2) is 11.4 Å². The van der Waals surface area contributed by atoms with Crippen LogP contribution < -0.4 is 0 Å². The Labute approximate surface area is 129 Å². The number of piperazine rings is 1. The van der Waals surface area contributed by atoms with Crippen molar-refractivity contribution in [2.75, 3.05) is 6.54 Å². The van der Waals surface area contributed by atoms with Gasteiger partial charge in [-0.25, -0.2) is 0 Å². The van der Waals surface area contributed by atoms with Gasteiger partial charge in [0.15, 0.2) is 0 Å². The minimum Gasteiger partial charge on any atom is -0.329 e. The van der Waals surface area contributed by atoms with Gasteiger partial charge in [-0.05, 0) is 42.7 Å². The van der Waals surface area contributed by atoms with E-state index in [1.165, 1.54) is 10.4 Å². The second-order valence-corrected chi connectivity index (χ2v) is 7.37. The van der Waals surface area contributed by atoms with Gasteiger partial charge in [0.05, 0.1) is 6.54 Å². The number of aryl methyl sites for hydroxylation is 1. The zero-order valence-electron chi connectivity index (χ0n) is 12.8. The highest BCUT2D eigenvalue weighted by molar-refractivity contribution is 7.10. The largest absolute Gasteiger partial charge is 0.329 e. The Bertz CT molecular complexity index is 566. The zero-order valence-corrected chi connectivity index (χ0v) is 13.7. The highest BCUT2D eigenvalue weighted by atomic mass is 32.1. The molecule has 2 aliphatic heterocycles. The third-order valence-electron chi connectivity index (χ3n) is 4.61. The summed E-state index contributed by atoms with van der Waals surface area (Å²) in [5.74, 6) is 0.420. The Morgan fingerprint density at radius 1 is 1.33 bits per heavy atom. The molecule has 5 heteroatoms. The molecule has 2 amide bonds. The molecule has 21 heavy (non-hydrogen) atoms. The third kappa shape index (κ3) is 2.37. The summed E-state index contributed by atoms with van der Waals surface area (Å²) in [5.41, 5.74) is 1.21. The van der Waals surface area contributed by atoms with Crippen LogP contribution in [0.25, 0.3) is 0 Å². The third-order valence-corrected chi connectivity index (χ3v) is 5.61. The first kappa shape index (κ1) is 14.6. The van der Waals surface area contributed by atoms with Gasteiger partial charge in [0, 0.05) is 11.4 Å². The fourth-order valence-electron chi connectivity index (χ4n) is 3.46. The molecule has 0 N–H and O–H groups in total. The minimum atomic E-state index is -0.312. The van der Waals surface area contributed by atoms with E-state index in [0.717, 1.165) is 19.4 Å². The van der Waals surface area contributed by atoms with Gasteiger partial charge in [-0.1, -0.05) is 13.8 Å². The first-order valence-corrected chi connectivity index (χ1v) is 8.52. The topological polar surface area (TPSA) is 40.6 Å². The molecule has 2 fully saturated rings. The number of nitrogens with zero attached hydrogens (tertiary/aromatic N) is 2. The second kappa shape index (κ2) is 5.44. The van der Waals surface area contributed by atoms with Gasteiger partial charge in [-0.15, -0.1) is 11.3 Å². The number of hydrogen-bond acceptors (Lipinski definition) is 3. The molecule has 1 aromatic rings. The van der Waals surface area contributed by atoms with Crippen molar-refractivity contribution in [2.24, 2.45) is 5.92 Å². The van der Waals surface area contributed by atoms with Gasteiger partial charge in [-0.3, -0.25) is 9.59 Å². The molecular formula is C16H22N2O2S. The Hall–Kier alpha value is -1.36. The first-order chi connectivity index (χ1) is 10.0. The predicted octanol–water partition coefficient (Wildman–Crippen LogP) is 2.41. The first-order valence-electron chi connectivity index (χ1n) is 7.64. The zero-order chi connectivity index (χ0) is 15.1. The van der Waals surface area contributed by atoms with Crippen LogP contribution in [-0.4, -0.2) is 40.2 Å². The summed E-state index contributed by atoms with van der Waals surface area (Å²) in [4.78, 5) is 30.4. The van der Waals surface area contributed by atoms with Crippen LogP contribution in [-0.2, 0) is 16.1 Å². The number of carbonyl (C=O) groups is 2. The Morgan fingerprint density at radius 2 is 2.10 bits per heavy atom. The molecule has 0 aromatic carbocycles. The lowest BCUT2D eigenvalue weighted by Gasteiger charge is -2.44. The monoisotopic (exact) mass is 306 g/mol. The summed E-state index contributed by atoms with van der Waals surface area (Å²) in [7, 11) is 0. The van der Waals surface area contributed by atoms with Crippen molar-refractivity contribution in [3.63, 3.8) is 0 Å². The maximum Gasteiger partial charge on any atom is 0.246 e. The van der Waals surface area contributed by atoms with Crippen LogP contribution in [0.5, 0.6) is 0 Å². The molecule has 114 valence electrons. The molecule has 0 bridgehead atoms. The summed E-state index contributed by atoms with van der Waals surface area (Å²) in [5, 5.41) is 2.05. The summed E-state index contributed by atoms with van der Waals surface area (Å²) in [6.45, 7) is 7.43. The van der Waals surface area contributed by atoms with E-state index in [-0.39, 0.29) is 29.8 Å². The predicted molar refractivity (Wildman–Crippen MR) is 83.0 cm³/mol. The van der Waals surface area contributed by atoms with E-state index in [2.05, 4.69) is 13.0 Å². The lowest BCUT2D eigenvalue weighted by Crippen LogP contribution is -2.63. The molecule has 0 saturated carbocycles. The smallest absolute Gasteiger partial charge is 0.246 e. The van der Waals surface area contributed by atoms with E-state index in [1.54, 1.807) is 11.3 Å². The average Bonchev–Trinajstić information content (AvgIpc) is 3.05. The molecule has 2 saturated heterocycles. The Kier molecular flexibility index (Phi) is 3.78. The minimum absolute atomic E-state index is 0.138. The number of rotatable bonds is 3. The quantitative estimate of drug-likeness (QED) is 0.860. The van der Waals surface area contributed by atoms with Crippen LogP contribution in [0.3, 0.4) is 0 Å². The van der Waals surface area contributed by atoms with Gasteiger partial charge in [0.2, 0.25) is 11.8 Å². The maximum absolute atomic E-state index is 12.8. The summed E-state index contributed by atoms with van der Waals surface area (Å²) in [6.07, 6.45) is 1.76. The molecule has 2 atom stereocenters. The van der Waals surface area contributed by atoms with Crippen molar-refractivity contribution in [1.82, 2.24) is 9.80 Å². The van der Waals surface area contributed by atoms with Crippen molar-refractivity contribution in [3.05, 3.63) is 21.9 Å². The lowest BCUT2D eigenvalue weighted by molar-refractivity contribution is -0.162. The van der Waals surface area contributed by atoms with Crippen LogP contribution in [0.2, 0.25) is 0 Å². The highest BCUT2D eigenvalue weighted by Crippen LogP contribution is 2.32. The van der Waals surface area contributed by atoms with Crippen molar-refractivity contribution in [1.29, 1.82) is 0 Å². The van der Waals surface area contributed by atoms with Crippen LogP contribution in [0.4, 0.5) is 0 Å². The Balaban J connectivity index is 1.92.